The Hall–Kier alpha value is -1.69. The van der Waals surface area contributed by atoms with Crippen molar-refractivity contribution in [3.8, 4) is 0 Å². The van der Waals surface area contributed by atoms with Crippen LogP contribution in [0.2, 0.25) is 0 Å². The second-order valence-corrected chi connectivity index (χ2v) is 17.1. The standard InChI is InChI=1S/C37H58N2O4/c1-23-10-13-33(4)16-17-35(6)26(30(33)24(23)2)22-27(41)31-34(5)14-12-29(43-25(3)40)37(8,28(34)11-15-36(31,35)7)32(42)39-20-9-18-38-19-21-39/h22-24,28-31,38H,9-21H2,1-8H3/t23-,24+,28-,29-,30+,31-,33-,34+,35-,36-,37-/m1/s1. The molecule has 11 atom stereocenters. The average molecular weight is 595 g/mol. The predicted molar refractivity (Wildman–Crippen MR) is 169 cm³/mol. The lowest BCUT2D eigenvalue weighted by atomic mass is 9.33. The van der Waals surface area contributed by atoms with Gasteiger partial charge in [-0.3, -0.25) is 14.4 Å². The molecule has 6 aliphatic rings. The summed E-state index contributed by atoms with van der Waals surface area (Å²) in [5, 5.41) is 3.43. The Labute approximate surface area is 260 Å². The summed E-state index contributed by atoms with van der Waals surface area (Å²) >= 11 is 0. The van der Waals surface area contributed by atoms with Gasteiger partial charge in [-0.15, -0.1) is 0 Å². The number of amides is 1. The first-order valence-electron chi connectivity index (χ1n) is 17.6. The molecule has 5 fully saturated rings. The van der Waals surface area contributed by atoms with Gasteiger partial charge in [0.2, 0.25) is 5.91 Å². The highest BCUT2D eigenvalue weighted by Gasteiger charge is 2.72. The van der Waals surface area contributed by atoms with Gasteiger partial charge >= 0.3 is 5.97 Å². The van der Waals surface area contributed by atoms with Crippen LogP contribution in [-0.2, 0) is 19.1 Å². The molecule has 5 aliphatic carbocycles. The number of esters is 1. The molecule has 1 N–H and O–H groups in total. The highest BCUT2D eigenvalue weighted by Crippen LogP contribution is 2.75. The summed E-state index contributed by atoms with van der Waals surface area (Å²) in [6.45, 7) is 21.3. The minimum absolute atomic E-state index is 0.0233. The van der Waals surface area contributed by atoms with Gasteiger partial charge < -0.3 is 15.0 Å². The van der Waals surface area contributed by atoms with Crippen LogP contribution in [0, 0.1) is 56.7 Å². The van der Waals surface area contributed by atoms with E-state index in [1.807, 2.05) is 4.90 Å². The van der Waals surface area contributed by atoms with Crippen LogP contribution in [0.5, 0.6) is 0 Å². The normalized spacial score (nSPS) is 49.8. The molecule has 0 aromatic carbocycles. The van der Waals surface area contributed by atoms with Crippen LogP contribution in [0.25, 0.3) is 0 Å². The molecular formula is C37H58N2O4. The van der Waals surface area contributed by atoms with E-state index in [4.69, 9.17) is 4.74 Å². The van der Waals surface area contributed by atoms with E-state index in [9.17, 15) is 14.4 Å². The van der Waals surface area contributed by atoms with Gasteiger partial charge in [-0.25, -0.2) is 0 Å². The minimum atomic E-state index is -0.853. The smallest absolute Gasteiger partial charge is 0.302 e. The van der Waals surface area contributed by atoms with E-state index in [0.29, 0.717) is 36.5 Å². The van der Waals surface area contributed by atoms with Crippen LogP contribution < -0.4 is 5.32 Å². The summed E-state index contributed by atoms with van der Waals surface area (Å²) in [4.78, 5) is 43.9. The maximum atomic E-state index is 14.8. The van der Waals surface area contributed by atoms with Gasteiger partial charge in [0.15, 0.2) is 5.78 Å². The molecule has 1 amide bonds. The zero-order valence-electron chi connectivity index (χ0n) is 28.3. The Morgan fingerprint density at radius 2 is 1.67 bits per heavy atom. The summed E-state index contributed by atoms with van der Waals surface area (Å²) < 4.78 is 6.03. The number of nitrogens with one attached hydrogen (secondary N) is 1. The van der Waals surface area contributed by atoms with Gasteiger partial charge in [0, 0.05) is 32.5 Å². The first-order chi connectivity index (χ1) is 20.1. The van der Waals surface area contributed by atoms with Gasteiger partial charge in [0.25, 0.3) is 0 Å². The summed E-state index contributed by atoms with van der Waals surface area (Å²) in [7, 11) is 0. The highest BCUT2D eigenvalue weighted by molar-refractivity contribution is 5.96. The maximum Gasteiger partial charge on any atom is 0.302 e. The van der Waals surface area contributed by atoms with Gasteiger partial charge in [-0.05, 0) is 123 Å². The van der Waals surface area contributed by atoms with Crippen molar-refractivity contribution in [2.45, 2.75) is 119 Å². The van der Waals surface area contributed by atoms with E-state index in [1.165, 1.54) is 31.8 Å². The molecule has 4 saturated carbocycles. The fraction of sp³-hybridized carbons (Fsp3) is 0.865. The summed E-state index contributed by atoms with van der Waals surface area (Å²) in [5.74, 6) is 1.66. The number of nitrogens with zero attached hydrogens (tertiary/aromatic N) is 1. The number of hydrogen-bond acceptors (Lipinski definition) is 5. The van der Waals surface area contributed by atoms with Crippen molar-refractivity contribution in [3.63, 3.8) is 0 Å². The van der Waals surface area contributed by atoms with Crippen LogP contribution in [0.1, 0.15) is 113 Å². The van der Waals surface area contributed by atoms with Crippen molar-refractivity contribution < 1.29 is 19.1 Å². The van der Waals surface area contributed by atoms with E-state index in [1.54, 1.807) is 0 Å². The first-order valence-corrected chi connectivity index (χ1v) is 17.6. The number of fused-ring (bicyclic) bond motifs is 7. The average Bonchev–Trinajstić information content (AvgIpc) is 3.23. The Bertz CT molecular complexity index is 1200. The van der Waals surface area contributed by atoms with Crippen molar-refractivity contribution in [2.24, 2.45) is 56.7 Å². The molecule has 0 aromatic heterocycles. The molecule has 0 unspecified atom stereocenters. The zero-order valence-corrected chi connectivity index (χ0v) is 28.3. The second-order valence-electron chi connectivity index (χ2n) is 17.1. The molecule has 1 saturated heterocycles. The van der Waals surface area contributed by atoms with Crippen LogP contribution >= 0.6 is 0 Å². The minimum Gasteiger partial charge on any atom is -0.461 e. The lowest BCUT2D eigenvalue weighted by Crippen LogP contribution is -2.69. The number of carbonyl (C=O) groups excluding carboxylic acids is 3. The van der Waals surface area contributed by atoms with E-state index in [0.717, 1.165) is 51.7 Å². The highest BCUT2D eigenvalue weighted by atomic mass is 16.5. The zero-order chi connectivity index (χ0) is 31.2. The van der Waals surface area contributed by atoms with Crippen molar-refractivity contribution in [1.29, 1.82) is 0 Å². The van der Waals surface area contributed by atoms with Crippen LogP contribution in [0.3, 0.4) is 0 Å². The molecular weight excluding hydrogens is 536 g/mol. The first kappa shape index (κ1) is 31.3. The van der Waals surface area contributed by atoms with E-state index in [2.05, 4.69) is 59.9 Å². The molecule has 0 bridgehead atoms. The Balaban J connectivity index is 1.43. The van der Waals surface area contributed by atoms with Crippen molar-refractivity contribution in [2.75, 3.05) is 26.2 Å². The number of ether oxygens (including phenoxy) is 1. The van der Waals surface area contributed by atoms with E-state index >= 15 is 0 Å². The number of allylic oxidation sites excluding steroid dienone is 2. The van der Waals surface area contributed by atoms with Gasteiger partial charge in [-0.2, -0.15) is 0 Å². The third-order valence-corrected chi connectivity index (χ3v) is 15.1. The number of carbonyl (C=O) groups is 3. The van der Waals surface area contributed by atoms with Gasteiger partial charge in [0.1, 0.15) is 6.10 Å². The molecule has 0 radical (unpaired) electrons. The van der Waals surface area contributed by atoms with Crippen molar-refractivity contribution in [3.05, 3.63) is 11.6 Å². The fourth-order valence-electron chi connectivity index (χ4n) is 12.4. The van der Waals surface area contributed by atoms with Gasteiger partial charge in [-0.1, -0.05) is 47.1 Å². The van der Waals surface area contributed by atoms with E-state index < -0.39 is 11.5 Å². The molecule has 6 nitrogen and oxygen atoms in total. The molecule has 43 heavy (non-hydrogen) atoms. The van der Waals surface area contributed by atoms with Crippen LogP contribution in [0.4, 0.5) is 0 Å². The molecule has 6 heteroatoms. The number of ketones is 1. The number of rotatable bonds is 2. The second kappa shape index (κ2) is 10.4. The largest absolute Gasteiger partial charge is 0.461 e. The number of hydrogen-bond donors (Lipinski definition) is 1. The summed E-state index contributed by atoms with van der Waals surface area (Å²) in [6, 6.07) is 0. The van der Waals surface area contributed by atoms with Crippen LogP contribution in [0.15, 0.2) is 11.6 Å². The molecule has 1 heterocycles. The monoisotopic (exact) mass is 594 g/mol. The SMILES string of the molecule is CC(=O)O[C@@H]1CC[C@@]2(C)[C@@H](CC[C@]3(C)[C@@H]2C(=O)C=C2[C@@H]4[C@@H](C)[C@H](C)CC[C@]4(C)CC[C@]23C)[C@@]1(C)C(=O)N1CCCNCC1. The van der Waals surface area contributed by atoms with Crippen molar-refractivity contribution >= 4 is 17.7 Å². The lowest BCUT2D eigenvalue weighted by Gasteiger charge is -2.70. The maximum absolute atomic E-state index is 14.8. The molecule has 6 rings (SSSR count). The third-order valence-electron chi connectivity index (χ3n) is 15.1. The third kappa shape index (κ3) is 4.30. The summed E-state index contributed by atoms with van der Waals surface area (Å²) in [5.41, 5.74) is 0.345. The summed E-state index contributed by atoms with van der Waals surface area (Å²) in [6.07, 6.45) is 10.8. The molecule has 0 spiro atoms. The topological polar surface area (TPSA) is 75.7 Å². The van der Waals surface area contributed by atoms with E-state index in [-0.39, 0.29) is 45.4 Å². The fourth-order valence-corrected chi connectivity index (χ4v) is 12.4. The quantitative estimate of drug-likeness (QED) is 0.366. The molecule has 240 valence electrons. The van der Waals surface area contributed by atoms with Gasteiger partial charge in [0.05, 0.1) is 5.41 Å². The Morgan fingerprint density at radius 1 is 0.930 bits per heavy atom. The lowest BCUT2D eigenvalue weighted by molar-refractivity contribution is -0.218. The van der Waals surface area contributed by atoms with Crippen LogP contribution in [-0.4, -0.2) is 54.8 Å². The molecule has 0 aromatic rings. The Kier molecular flexibility index (Phi) is 7.59. The molecule has 1 aliphatic heterocycles. The van der Waals surface area contributed by atoms with Crippen molar-refractivity contribution in [1.82, 2.24) is 10.2 Å². The Morgan fingerprint density at radius 3 is 2.40 bits per heavy atom. The predicted octanol–water partition coefficient (Wildman–Crippen LogP) is 6.58.